The van der Waals surface area contributed by atoms with Crippen molar-refractivity contribution in [3.8, 4) is 22.3 Å². The number of hydrogen-bond donors (Lipinski definition) is 2. The predicted molar refractivity (Wildman–Crippen MR) is 216 cm³/mol. The van der Waals surface area contributed by atoms with E-state index in [0.29, 0.717) is 13.2 Å². The summed E-state index contributed by atoms with van der Waals surface area (Å²) in [4.78, 5) is 0. The summed E-state index contributed by atoms with van der Waals surface area (Å²) in [5, 5.41) is 23.8. The van der Waals surface area contributed by atoms with Gasteiger partial charge in [-0.2, -0.15) is 9.15 Å². The molecule has 0 aliphatic carbocycles. The Balaban J connectivity index is 0.000000944. The van der Waals surface area contributed by atoms with Gasteiger partial charge < -0.3 is 45.4 Å². The van der Waals surface area contributed by atoms with Gasteiger partial charge >= 0.3 is 0 Å². The molecule has 0 unspecified atom stereocenters. The molecule has 10 heteroatoms. The van der Waals surface area contributed by atoms with Gasteiger partial charge in [-0.25, -0.2) is 10.5 Å². The zero-order chi connectivity index (χ0) is 37.7. The minimum Gasteiger partial charge on any atom is -0.696 e. The van der Waals surface area contributed by atoms with Crippen LogP contribution < -0.4 is 20.1 Å². The first-order valence-electron chi connectivity index (χ1n) is 16.8. The lowest BCUT2D eigenvalue weighted by Crippen LogP contribution is -2.26. The first-order chi connectivity index (χ1) is 25.0. The Morgan fingerprint density at radius 1 is 0.596 bits per heavy atom. The number of fused-ring (bicyclic) bond motifs is 2. The number of allylic oxidation sites excluding steroid dienone is 2. The molecule has 4 aromatic carbocycles. The van der Waals surface area contributed by atoms with Crippen LogP contribution in [0.4, 0.5) is 22.7 Å². The minimum absolute atomic E-state index is 0.0774. The number of ether oxygens (including phenoxy) is 2. The Bertz CT molecular complexity index is 1940. The molecule has 2 N–H and O–H groups in total. The molecular formula is C42H44N6O2S2. The molecule has 0 saturated carbocycles. The molecule has 0 spiro atoms. The van der Waals surface area contributed by atoms with E-state index < -0.39 is 0 Å². The van der Waals surface area contributed by atoms with Crippen LogP contribution in [0.25, 0.3) is 0 Å². The van der Waals surface area contributed by atoms with Crippen molar-refractivity contribution in [3.05, 3.63) is 133 Å². The second-order valence-corrected chi connectivity index (χ2v) is 13.4. The molecule has 2 aliphatic heterocycles. The van der Waals surface area contributed by atoms with Crippen molar-refractivity contribution in [2.24, 2.45) is 0 Å². The molecule has 0 saturated heterocycles. The lowest BCUT2D eigenvalue weighted by atomic mass is 9.81. The third-order valence-corrected chi connectivity index (χ3v) is 9.21. The van der Waals surface area contributed by atoms with E-state index >= 15 is 0 Å². The van der Waals surface area contributed by atoms with Gasteiger partial charge in [0.15, 0.2) is 11.4 Å². The van der Waals surface area contributed by atoms with Crippen LogP contribution in [0, 0.1) is 21.3 Å². The Labute approximate surface area is 318 Å². The highest BCUT2D eigenvalue weighted by molar-refractivity contribution is 7.64. The van der Waals surface area contributed by atoms with Crippen molar-refractivity contribution in [1.29, 1.82) is 10.5 Å². The third-order valence-electron chi connectivity index (χ3n) is 9.21. The van der Waals surface area contributed by atoms with Crippen LogP contribution in [0.2, 0.25) is 0 Å². The van der Waals surface area contributed by atoms with Crippen LogP contribution in [0.1, 0.15) is 38.8 Å². The van der Waals surface area contributed by atoms with Gasteiger partial charge in [0.1, 0.15) is 38.8 Å². The number of rotatable bonds is 11. The number of nitrogens with zero attached hydrogens (tertiary/aromatic N) is 4. The SMILES string of the molecule is C[N+]1=C(C=CNc2ccccc2OCCOc2ccccc2NC=CC2=[N+](C)c3ccccc3C2(C)C)C(C)(C)c2ccccc21.N#C[S-].N#C[S-]. The van der Waals surface area contributed by atoms with Gasteiger partial charge in [-0.15, -0.1) is 0 Å². The smallest absolute Gasteiger partial charge is 0.209 e. The Morgan fingerprint density at radius 2 is 0.923 bits per heavy atom. The molecule has 52 heavy (non-hydrogen) atoms. The lowest BCUT2D eigenvalue weighted by molar-refractivity contribution is -0.401. The van der Waals surface area contributed by atoms with E-state index in [9.17, 15) is 0 Å². The van der Waals surface area contributed by atoms with E-state index in [2.05, 4.69) is 148 Å². The molecule has 266 valence electrons. The minimum atomic E-state index is -0.0774. The van der Waals surface area contributed by atoms with Gasteiger partial charge in [0.25, 0.3) is 0 Å². The van der Waals surface area contributed by atoms with Crippen molar-refractivity contribution in [2.75, 3.05) is 37.9 Å². The van der Waals surface area contributed by atoms with E-state index in [4.69, 9.17) is 20.0 Å². The van der Waals surface area contributed by atoms with Gasteiger partial charge in [0.2, 0.25) is 11.4 Å². The van der Waals surface area contributed by atoms with Crippen LogP contribution in [0.5, 0.6) is 11.5 Å². The first-order valence-corrected chi connectivity index (χ1v) is 17.6. The van der Waals surface area contributed by atoms with Gasteiger partial charge in [-0.3, -0.25) is 0 Å². The van der Waals surface area contributed by atoms with E-state index in [1.807, 2.05) is 60.9 Å². The quantitative estimate of drug-likeness (QED) is 0.0688. The number of para-hydroxylation sites is 6. The fraction of sp³-hybridized carbons (Fsp3) is 0.238. The Hall–Kier alpha value is -5.68. The second kappa shape index (κ2) is 18.0. The van der Waals surface area contributed by atoms with E-state index in [-0.39, 0.29) is 10.8 Å². The summed E-state index contributed by atoms with van der Waals surface area (Å²) < 4.78 is 16.9. The molecule has 6 rings (SSSR count). The predicted octanol–water partition coefficient (Wildman–Crippen LogP) is 8.44. The van der Waals surface area contributed by atoms with Crippen LogP contribution in [-0.2, 0) is 36.1 Å². The van der Waals surface area contributed by atoms with Crippen LogP contribution in [-0.4, -0.2) is 47.9 Å². The number of benzene rings is 4. The van der Waals surface area contributed by atoms with Gasteiger partial charge in [-0.05, 0) is 52.0 Å². The van der Waals surface area contributed by atoms with Crippen molar-refractivity contribution < 1.29 is 18.6 Å². The Kier molecular flexibility index (Phi) is 13.5. The molecular weight excluding hydrogens is 685 g/mol. The number of anilines is 2. The summed E-state index contributed by atoms with van der Waals surface area (Å²) in [6.07, 6.45) is 8.30. The first kappa shape index (κ1) is 39.1. The topological polar surface area (TPSA) is 96.1 Å². The molecule has 2 aliphatic rings. The fourth-order valence-corrected chi connectivity index (χ4v) is 6.75. The second-order valence-electron chi connectivity index (χ2n) is 13.0. The number of nitrogens with one attached hydrogen (secondary N) is 2. The number of thiocyanates is 2. The molecule has 8 nitrogen and oxygen atoms in total. The van der Waals surface area contributed by atoms with Crippen LogP contribution >= 0.6 is 0 Å². The summed E-state index contributed by atoms with van der Waals surface area (Å²) in [5.41, 5.74) is 9.29. The molecule has 2 heterocycles. The van der Waals surface area contributed by atoms with Crippen molar-refractivity contribution in [1.82, 2.24) is 0 Å². The van der Waals surface area contributed by atoms with E-state index in [1.54, 1.807) is 0 Å². The highest BCUT2D eigenvalue weighted by Gasteiger charge is 2.43. The van der Waals surface area contributed by atoms with Crippen LogP contribution in [0.15, 0.2) is 122 Å². The van der Waals surface area contributed by atoms with Gasteiger partial charge in [-0.1, -0.05) is 71.5 Å². The summed E-state index contributed by atoms with van der Waals surface area (Å²) in [6, 6.07) is 33.1. The highest BCUT2D eigenvalue weighted by Crippen LogP contribution is 2.40. The molecule has 0 fully saturated rings. The monoisotopic (exact) mass is 728 g/mol. The normalized spacial score (nSPS) is 14.6. The summed E-state index contributed by atoms with van der Waals surface area (Å²) >= 11 is 7.40. The highest BCUT2D eigenvalue weighted by atomic mass is 32.1. The Morgan fingerprint density at radius 3 is 1.29 bits per heavy atom. The van der Waals surface area contributed by atoms with Gasteiger partial charge in [0, 0.05) is 47.8 Å². The number of nitriles is 2. The van der Waals surface area contributed by atoms with Crippen molar-refractivity contribution in [2.45, 2.75) is 38.5 Å². The summed E-state index contributed by atoms with van der Waals surface area (Å²) in [7, 11) is 4.25. The molecule has 0 bridgehead atoms. The largest absolute Gasteiger partial charge is 0.696 e. The summed E-state index contributed by atoms with van der Waals surface area (Å²) in [6.45, 7) is 9.88. The maximum atomic E-state index is 7.13. The molecule has 0 atom stereocenters. The zero-order valence-corrected chi connectivity index (χ0v) is 32.0. The van der Waals surface area contributed by atoms with E-state index in [0.717, 1.165) is 22.9 Å². The third kappa shape index (κ3) is 8.78. The molecule has 0 radical (unpaired) electrons. The lowest BCUT2D eigenvalue weighted by Gasteiger charge is -2.16. The fourth-order valence-electron chi connectivity index (χ4n) is 6.75. The van der Waals surface area contributed by atoms with Crippen molar-refractivity contribution >= 4 is 59.4 Å². The standard InChI is InChI=1S/C40H42N4O2.2CHNS/c1-39(2)29-15-7-11-19-33(29)43(5)37(39)23-25-41-31-17-9-13-21-35(31)45-27-28-46-36-22-14-10-18-32(36)42-26-24-38-40(3,4)30-16-8-12-20-34(30)44(38)6;2*2-1-3/h7-26H,27-28H2,1-6H3;2*3H. The van der Waals surface area contributed by atoms with Gasteiger partial charge in [0.05, 0.1) is 22.2 Å². The summed E-state index contributed by atoms with van der Waals surface area (Å²) in [5.74, 6) is 1.55. The maximum absolute atomic E-state index is 7.13. The maximum Gasteiger partial charge on any atom is 0.209 e. The molecule has 0 amide bonds. The average molecular weight is 729 g/mol. The van der Waals surface area contributed by atoms with E-state index in [1.165, 1.54) is 44.7 Å². The van der Waals surface area contributed by atoms with Crippen LogP contribution in [0.3, 0.4) is 0 Å². The molecule has 4 aromatic rings. The molecule has 0 aromatic heterocycles. The average Bonchev–Trinajstić information content (AvgIpc) is 3.45. The zero-order valence-electron chi connectivity index (χ0n) is 30.4. The number of hydrogen-bond acceptors (Lipinski definition) is 8. The van der Waals surface area contributed by atoms with Crippen molar-refractivity contribution in [3.63, 3.8) is 0 Å².